The Bertz CT molecular complexity index is 757. The van der Waals surface area contributed by atoms with Crippen LogP contribution in [0.4, 0.5) is 5.82 Å². The molecule has 0 aliphatic heterocycles. The largest absolute Gasteiger partial charge is 0.365 e. The Labute approximate surface area is 122 Å². The maximum absolute atomic E-state index is 11.2. The van der Waals surface area contributed by atoms with Crippen LogP contribution in [-0.2, 0) is 16.6 Å². The molecule has 0 saturated carbocycles. The van der Waals surface area contributed by atoms with E-state index < -0.39 is 15.9 Å². The number of amides is 1. The molecule has 1 heterocycles. The van der Waals surface area contributed by atoms with Gasteiger partial charge in [0.15, 0.2) is 0 Å². The molecule has 0 aliphatic carbocycles. The molecule has 8 heteroatoms. The molecule has 1 aromatic carbocycles. The van der Waals surface area contributed by atoms with E-state index in [1.54, 1.807) is 30.5 Å². The van der Waals surface area contributed by atoms with Crippen molar-refractivity contribution in [2.75, 3.05) is 5.32 Å². The number of hydrogen-bond acceptors (Lipinski definition) is 5. The summed E-state index contributed by atoms with van der Waals surface area (Å²) in [6.07, 6.45) is 1.54. The van der Waals surface area contributed by atoms with E-state index in [1.165, 1.54) is 12.1 Å². The average Bonchev–Trinajstić information content (AvgIpc) is 2.45. The first-order chi connectivity index (χ1) is 9.88. The van der Waals surface area contributed by atoms with E-state index >= 15 is 0 Å². The molecule has 0 unspecified atom stereocenters. The quantitative estimate of drug-likeness (QED) is 0.738. The number of aromatic nitrogens is 1. The lowest BCUT2D eigenvalue weighted by atomic mass is 10.2. The van der Waals surface area contributed by atoms with Gasteiger partial charge >= 0.3 is 0 Å². The normalized spacial score (nSPS) is 11.1. The smallest absolute Gasteiger partial charge is 0.252 e. The fourth-order valence-corrected chi connectivity index (χ4v) is 2.24. The molecular formula is C13H14N4O3S. The Balaban J connectivity index is 2.12. The monoisotopic (exact) mass is 306 g/mol. The second-order valence-electron chi connectivity index (χ2n) is 4.31. The number of anilines is 1. The number of carbonyl (C=O) groups excluding carboxylic acids is 1. The van der Waals surface area contributed by atoms with Gasteiger partial charge in [-0.25, -0.2) is 18.5 Å². The van der Waals surface area contributed by atoms with Crippen LogP contribution < -0.4 is 16.2 Å². The van der Waals surface area contributed by atoms with Crippen molar-refractivity contribution in [1.29, 1.82) is 0 Å². The molecule has 1 aromatic heterocycles. The number of sulfonamides is 1. The van der Waals surface area contributed by atoms with Crippen molar-refractivity contribution in [3.8, 4) is 0 Å². The zero-order valence-electron chi connectivity index (χ0n) is 11.0. The molecule has 21 heavy (non-hydrogen) atoms. The highest BCUT2D eigenvalue weighted by Crippen LogP contribution is 2.13. The molecule has 7 nitrogen and oxygen atoms in total. The molecule has 0 atom stereocenters. The van der Waals surface area contributed by atoms with Crippen LogP contribution in [-0.4, -0.2) is 19.3 Å². The van der Waals surface area contributed by atoms with Crippen molar-refractivity contribution in [2.45, 2.75) is 11.4 Å². The summed E-state index contributed by atoms with van der Waals surface area (Å²) in [5.41, 5.74) is 6.35. The lowest BCUT2D eigenvalue weighted by Gasteiger charge is -2.09. The summed E-state index contributed by atoms with van der Waals surface area (Å²) in [5, 5.41) is 8.00. The summed E-state index contributed by atoms with van der Waals surface area (Å²) < 4.78 is 22.3. The highest BCUT2D eigenvalue weighted by atomic mass is 32.2. The summed E-state index contributed by atoms with van der Waals surface area (Å²) in [4.78, 5) is 15.3. The van der Waals surface area contributed by atoms with Gasteiger partial charge < -0.3 is 11.1 Å². The van der Waals surface area contributed by atoms with Crippen LogP contribution in [0.5, 0.6) is 0 Å². The molecule has 2 rings (SSSR count). The van der Waals surface area contributed by atoms with Crippen molar-refractivity contribution in [1.82, 2.24) is 4.98 Å². The molecule has 2 aromatic rings. The number of nitrogens with two attached hydrogens (primary N) is 2. The van der Waals surface area contributed by atoms with Gasteiger partial charge in [0.25, 0.3) is 5.91 Å². The summed E-state index contributed by atoms with van der Waals surface area (Å²) in [6.45, 7) is 0.363. The number of benzene rings is 1. The van der Waals surface area contributed by atoms with E-state index in [9.17, 15) is 13.2 Å². The van der Waals surface area contributed by atoms with Crippen LogP contribution >= 0.6 is 0 Å². The average molecular weight is 306 g/mol. The van der Waals surface area contributed by atoms with E-state index in [4.69, 9.17) is 10.9 Å². The fraction of sp³-hybridized carbons (Fsp3) is 0.0769. The van der Waals surface area contributed by atoms with Crippen LogP contribution in [0.3, 0.4) is 0 Å². The Morgan fingerprint density at radius 3 is 2.43 bits per heavy atom. The highest BCUT2D eigenvalue weighted by molar-refractivity contribution is 7.89. The van der Waals surface area contributed by atoms with Crippen molar-refractivity contribution in [2.24, 2.45) is 10.9 Å². The van der Waals surface area contributed by atoms with Crippen molar-refractivity contribution in [3.63, 3.8) is 0 Å². The predicted octanol–water partition coefficient (Wildman–Crippen LogP) is 0.440. The molecule has 0 radical (unpaired) electrons. The molecule has 110 valence electrons. The first kappa shape index (κ1) is 14.9. The van der Waals surface area contributed by atoms with E-state index in [0.29, 0.717) is 17.9 Å². The number of hydrogen-bond donors (Lipinski definition) is 3. The van der Waals surface area contributed by atoms with Crippen molar-refractivity contribution < 1.29 is 13.2 Å². The van der Waals surface area contributed by atoms with Gasteiger partial charge in [-0.15, -0.1) is 0 Å². The third-order valence-corrected chi connectivity index (χ3v) is 3.71. The maximum Gasteiger partial charge on any atom is 0.252 e. The van der Waals surface area contributed by atoms with E-state index in [2.05, 4.69) is 10.3 Å². The van der Waals surface area contributed by atoms with Gasteiger partial charge in [-0.1, -0.05) is 12.1 Å². The summed E-state index contributed by atoms with van der Waals surface area (Å²) >= 11 is 0. The van der Waals surface area contributed by atoms with Crippen LogP contribution in [0, 0.1) is 0 Å². The minimum atomic E-state index is -3.70. The molecule has 0 saturated heterocycles. The number of primary amides is 1. The van der Waals surface area contributed by atoms with Gasteiger partial charge in [0.1, 0.15) is 5.82 Å². The molecule has 1 amide bonds. The summed E-state index contributed by atoms with van der Waals surface area (Å²) in [5.74, 6) is -0.198. The second-order valence-corrected chi connectivity index (χ2v) is 5.87. The zero-order chi connectivity index (χ0) is 15.5. The maximum atomic E-state index is 11.2. The third kappa shape index (κ3) is 3.77. The second kappa shape index (κ2) is 5.90. The topological polar surface area (TPSA) is 128 Å². The number of carbonyl (C=O) groups is 1. The van der Waals surface area contributed by atoms with Crippen molar-refractivity contribution >= 4 is 21.7 Å². The number of primary sulfonamides is 1. The number of rotatable bonds is 5. The van der Waals surface area contributed by atoms with E-state index in [-0.39, 0.29) is 4.90 Å². The summed E-state index contributed by atoms with van der Waals surface area (Å²) in [6, 6.07) is 9.27. The molecule has 5 N–H and O–H groups in total. The first-order valence-electron chi connectivity index (χ1n) is 5.98. The van der Waals surface area contributed by atoms with Crippen molar-refractivity contribution in [3.05, 3.63) is 53.7 Å². The standard InChI is InChI=1S/C13H14N4O3S/c14-12(18)11-2-1-7-16-13(11)17-8-9-3-5-10(6-4-9)21(15,19)20/h1-7H,8H2,(H2,14,18)(H,16,17)(H2,15,19,20). The van der Waals surface area contributed by atoms with Gasteiger partial charge in [-0.05, 0) is 29.8 Å². The van der Waals surface area contributed by atoms with Crippen LogP contribution in [0.25, 0.3) is 0 Å². The van der Waals surface area contributed by atoms with Gasteiger partial charge in [-0.3, -0.25) is 4.79 Å². The Hall–Kier alpha value is -2.45. The minimum Gasteiger partial charge on any atom is -0.365 e. The molecule has 0 bridgehead atoms. The van der Waals surface area contributed by atoms with Gasteiger partial charge in [-0.2, -0.15) is 0 Å². The van der Waals surface area contributed by atoms with Gasteiger partial charge in [0.2, 0.25) is 10.0 Å². The van der Waals surface area contributed by atoms with Crippen LogP contribution in [0.2, 0.25) is 0 Å². The Morgan fingerprint density at radius 2 is 1.86 bits per heavy atom. The van der Waals surface area contributed by atoms with Gasteiger partial charge in [0, 0.05) is 12.7 Å². The lowest BCUT2D eigenvalue weighted by Crippen LogP contribution is -2.15. The lowest BCUT2D eigenvalue weighted by molar-refractivity contribution is 0.100. The highest BCUT2D eigenvalue weighted by Gasteiger charge is 2.09. The van der Waals surface area contributed by atoms with Crippen LogP contribution in [0.15, 0.2) is 47.5 Å². The SMILES string of the molecule is NC(=O)c1cccnc1NCc1ccc(S(N)(=O)=O)cc1. The number of nitrogens with zero attached hydrogens (tertiary/aromatic N) is 1. The Kier molecular flexibility index (Phi) is 4.20. The number of nitrogens with one attached hydrogen (secondary N) is 1. The van der Waals surface area contributed by atoms with E-state index in [0.717, 1.165) is 5.56 Å². The predicted molar refractivity (Wildman–Crippen MR) is 77.9 cm³/mol. The first-order valence-corrected chi connectivity index (χ1v) is 7.53. The number of pyridine rings is 1. The fourth-order valence-electron chi connectivity index (χ4n) is 1.73. The molecule has 0 spiro atoms. The van der Waals surface area contributed by atoms with E-state index in [1.807, 2.05) is 0 Å². The minimum absolute atomic E-state index is 0.0434. The van der Waals surface area contributed by atoms with Crippen LogP contribution in [0.1, 0.15) is 15.9 Å². The Morgan fingerprint density at radius 1 is 1.19 bits per heavy atom. The zero-order valence-corrected chi connectivity index (χ0v) is 11.8. The molecular weight excluding hydrogens is 292 g/mol. The third-order valence-electron chi connectivity index (χ3n) is 2.79. The molecule has 0 aliphatic rings. The summed E-state index contributed by atoms with van der Waals surface area (Å²) in [7, 11) is -3.70. The molecule has 0 fully saturated rings. The van der Waals surface area contributed by atoms with Gasteiger partial charge in [0.05, 0.1) is 10.5 Å².